The normalized spacial score (nSPS) is 16.6. The van der Waals surface area contributed by atoms with Crippen molar-refractivity contribution in [3.8, 4) is 0 Å². The molecule has 0 aliphatic heterocycles. The first-order valence-corrected chi connectivity index (χ1v) is 6.91. The smallest absolute Gasteiger partial charge is 0.206 e. The molecule has 0 amide bonds. The Balaban J connectivity index is 2.16. The van der Waals surface area contributed by atoms with Crippen LogP contribution >= 0.6 is 15.9 Å². The summed E-state index contributed by atoms with van der Waals surface area (Å²) in [4.78, 5) is 3.45. The molecule has 0 unspecified atom stereocenters. The van der Waals surface area contributed by atoms with Gasteiger partial charge in [0.2, 0.25) is 5.96 Å². The van der Waals surface area contributed by atoms with E-state index in [2.05, 4.69) is 43.6 Å². The Morgan fingerprint density at radius 3 is 3.05 bits per heavy atom. The van der Waals surface area contributed by atoms with Crippen molar-refractivity contribution in [2.24, 2.45) is 10.8 Å². The van der Waals surface area contributed by atoms with Crippen LogP contribution in [0.5, 0.6) is 0 Å². The molecule has 1 heterocycles. The minimum atomic E-state index is -0.138. The molecule has 1 aromatic carbocycles. The monoisotopic (exact) mass is 319 g/mol. The molecule has 1 aliphatic carbocycles. The summed E-state index contributed by atoms with van der Waals surface area (Å²) in [6.07, 6.45) is 2.98. The SMILES string of the molecule is N=C(N)NN=C1CCCc2[nH]c3ccc(Br)cc3c21. The molecular formula is C13H14BrN5. The molecule has 0 saturated carbocycles. The maximum Gasteiger partial charge on any atom is 0.206 e. The summed E-state index contributed by atoms with van der Waals surface area (Å²) in [5.41, 5.74) is 12.3. The first kappa shape index (κ1) is 12.2. The van der Waals surface area contributed by atoms with Gasteiger partial charge in [-0.15, -0.1) is 0 Å². The quantitative estimate of drug-likeness (QED) is 0.369. The van der Waals surface area contributed by atoms with Gasteiger partial charge in [-0.05, 0) is 37.5 Å². The number of fused-ring (bicyclic) bond motifs is 3. The van der Waals surface area contributed by atoms with Gasteiger partial charge in [0.15, 0.2) is 0 Å². The summed E-state index contributed by atoms with van der Waals surface area (Å²) in [5.74, 6) is -0.138. The van der Waals surface area contributed by atoms with Crippen molar-refractivity contribution in [3.63, 3.8) is 0 Å². The number of nitrogens with zero attached hydrogens (tertiary/aromatic N) is 1. The van der Waals surface area contributed by atoms with E-state index in [1.165, 1.54) is 5.69 Å². The van der Waals surface area contributed by atoms with Gasteiger partial charge in [-0.25, -0.2) is 5.43 Å². The van der Waals surface area contributed by atoms with Gasteiger partial charge in [0.1, 0.15) is 0 Å². The Labute approximate surface area is 118 Å². The molecule has 98 valence electrons. The molecular weight excluding hydrogens is 306 g/mol. The van der Waals surface area contributed by atoms with Gasteiger partial charge in [-0.3, -0.25) is 5.41 Å². The lowest BCUT2D eigenvalue weighted by atomic mass is 9.94. The van der Waals surface area contributed by atoms with E-state index >= 15 is 0 Å². The van der Waals surface area contributed by atoms with Gasteiger partial charge >= 0.3 is 0 Å². The van der Waals surface area contributed by atoms with E-state index in [9.17, 15) is 0 Å². The molecule has 0 bridgehead atoms. The number of guanidine groups is 1. The number of H-pyrrole nitrogens is 1. The Kier molecular flexibility index (Phi) is 3.02. The van der Waals surface area contributed by atoms with Crippen LogP contribution in [0, 0.1) is 5.41 Å². The van der Waals surface area contributed by atoms with Crippen LogP contribution in [0.1, 0.15) is 24.1 Å². The first-order valence-electron chi connectivity index (χ1n) is 6.12. The molecule has 5 N–H and O–H groups in total. The third-order valence-electron chi connectivity index (χ3n) is 3.28. The maximum atomic E-state index is 7.20. The number of hydrazone groups is 1. The third-order valence-corrected chi connectivity index (χ3v) is 3.77. The number of benzene rings is 1. The van der Waals surface area contributed by atoms with Gasteiger partial charge in [0.05, 0.1) is 5.71 Å². The van der Waals surface area contributed by atoms with Gasteiger partial charge in [0, 0.05) is 26.6 Å². The Hall–Kier alpha value is -1.82. The van der Waals surface area contributed by atoms with Gasteiger partial charge in [-0.2, -0.15) is 5.10 Å². The number of aromatic nitrogens is 1. The van der Waals surface area contributed by atoms with Crippen molar-refractivity contribution < 1.29 is 0 Å². The molecule has 3 rings (SSSR count). The van der Waals surface area contributed by atoms with Crippen molar-refractivity contribution >= 4 is 38.5 Å². The second kappa shape index (κ2) is 4.70. The Morgan fingerprint density at radius 1 is 1.42 bits per heavy atom. The maximum absolute atomic E-state index is 7.20. The van der Waals surface area contributed by atoms with Crippen LogP contribution in [0.3, 0.4) is 0 Å². The number of nitrogens with one attached hydrogen (secondary N) is 3. The highest BCUT2D eigenvalue weighted by Gasteiger charge is 2.21. The van der Waals surface area contributed by atoms with E-state index in [1.54, 1.807) is 0 Å². The van der Waals surface area contributed by atoms with E-state index in [4.69, 9.17) is 11.1 Å². The first-order chi connectivity index (χ1) is 9.15. The molecule has 2 aromatic rings. The predicted molar refractivity (Wildman–Crippen MR) is 80.5 cm³/mol. The molecule has 1 aliphatic rings. The molecule has 0 fully saturated rings. The van der Waals surface area contributed by atoms with Crippen LogP contribution < -0.4 is 11.2 Å². The van der Waals surface area contributed by atoms with E-state index in [-0.39, 0.29) is 5.96 Å². The van der Waals surface area contributed by atoms with E-state index in [0.29, 0.717) is 0 Å². The minimum Gasteiger partial charge on any atom is -0.369 e. The topological polar surface area (TPSA) is 90.1 Å². The van der Waals surface area contributed by atoms with Gasteiger partial charge in [0.25, 0.3) is 0 Å². The van der Waals surface area contributed by atoms with Crippen LogP contribution in [-0.4, -0.2) is 16.7 Å². The van der Waals surface area contributed by atoms with Gasteiger partial charge < -0.3 is 10.7 Å². The second-order valence-corrected chi connectivity index (χ2v) is 5.52. The van der Waals surface area contributed by atoms with E-state index < -0.39 is 0 Å². The third kappa shape index (κ3) is 2.23. The average Bonchev–Trinajstić information content (AvgIpc) is 2.74. The van der Waals surface area contributed by atoms with Crippen molar-refractivity contribution in [2.75, 3.05) is 0 Å². The van der Waals surface area contributed by atoms with Crippen molar-refractivity contribution in [3.05, 3.63) is 33.9 Å². The molecule has 1 aromatic heterocycles. The highest BCUT2D eigenvalue weighted by Crippen LogP contribution is 2.31. The zero-order chi connectivity index (χ0) is 13.4. The van der Waals surface area contributed by atoms with Crippen LogP contribution in [0.2, 0.25) is 0 Å². The van der Waals surface area contributed by atoms with E-state index in [0.717, 1.165) is 45.9 Å². The fourth-order valence-corrected chi connectivity index (χ4v) is 2.90. The summed E-state index contributed by atoms with van der Waals surface area (Å²) in [5, 5.41) is 12.6. The number of rotatable bonds is 1. The predicted octanol–water partition coefficient (Wildman–Crippen LogP) is 2.45. The highest BCUT2D eigenvalue weighted by atomic mass is 79.9. The number of hydrogen-bond acceptors (Lipinski definition) is 2. The lowest BCUT2D eigenvalue weighted by Gasteiger charge is -2.14. The Morgan fingerprint density at radius 2 is 2.26 bits per heavy atom. The number of hydrogen-bond donors (Lipinski definition) is 4. The molecule has 6 heteroatoms. The second-order valence-electron chi connectivity index (χ2n) is 4.61. The minimum absolute atomic E-state index is 0.138. The molecule has 0 atom stereocenters. The zero-order valence-corrected chi connectivity index (χ0v) is 11.8. The number of aromatic amines is 1. The number of halogens is 1. The zero-order valence-electron chi connectivity index (χ0n) is 10.3. The lowest BCUT2D eigenvalue weighted by molar-refractivity contribution is 0.811. The van der Waals surface area contributed by atoms with Crippen molar-refractivity contribution in [2.45, 2.75) is 19.3 Å². The molecule has 0 spiro atoms. The van der Waals surface area contributed by atoms with E-state index in [1.807, 2.05) is 6.07 Å². The van der Waals surface area contributed by atoms with Crippen molar-refractivity contribution in [1.82, 2.24) is 10.4 Å². The largest absolute Gasteiger partial charge is 0.369 e. The van der Waals surface area contributed by atoms with Crippen LogP contribution in [0.15, 0.2) is 27.8 Å². The fraction of sp³-hybridized carbons (Fsp3) is 0.231. The molecule has 0 radical (unpaired) electrons. The van der Waals surface area contributed by atoms with Crippen LogP contribution in [-0.2, 0) is 6.42 Å². The molecule has 5 nitrogen and oxygen atoms in total. The molecule has 0 saturated heterocycles. The summed E-state index contributed by atoms with van der Waals surface area (Å²) in [6.45, 7) is 0. The Bertz CT molecular complexity index is 686. The van der Waals surface area contributed by atoms with Gasteiger partial charge in [-0.1, -0.05) is 15.9 Å². The standard InChI is InChI=1S/C13H14BrN5/c14-7-4-5-9-8(6-7)12-10(17-9)2-1-3-11(12)18-19-13(15)16/h4-6,17H,1-3H2,(H4,15,16,19). The number of aryl methyl sites for hydroxylation is 1. The van der Waals surface area contributed by atoms with Crippen LogP contribution in [0.25, 0.3) is 10.9 Å². The summed E-state index contributed by atoms with van der Waals surface area (Å²) < 4.78 is 1.05. The lowest BCUT2D eigenvalue weighted by Crippen LogP contribution is -2.27. The summed E-state index contributed by atoms with van der Waals surface area (Å²) >= 11 is 3.50. The number of nitrogens with two attached hydrogens (primary N) is 1. The van der Waals surface area contributed by atoms with Crippen LogP contribution in [0.4, 0.5) is 0 Å². The van der Waals surface area contributed by atoms with Crippen molar-refractivity contribution in [1.29, 1.82) is 5.41 Å². The highest BCUT2D eigenvalue weighted by molar-refractivity contribution is 9.10. The molecule has 19 heavy (non-hydrogen) atoms. The summed E-state index contributed by atoms with van der Waals surface area (Å²) in [7, 11) is 0. The average molecular weight is 320 g/mol. The summed E-state index contributed by atoms with van der Waals surface area (Å²) in [6, 6.07) is 6.18. The fourth-order valence-electron chi connectivity index (χ4n) is 2.53.